The van der Waals surface area contributed by atoms with Gasteiger partial charge in [0.1, 0.15) is 0 Å². The first-order chi connectivity index (χ1) is 5.65. The first-order valence-corrected chi connectivity index (χ1v) is 5.01. The summed E-state index contributed by atoms with van der Waals surface area (Å²) in [6.07, 6.45) is 2.95. The fourth-order valence-corrected chi connectivity index (χ4v) is 1.55. The molecule has 0 saturated carbocycles. The predicted octanol–water partition coefficient (Wildman–Crippen LogP) is 2.15. The molecular formula is C10H22O2. The van der Waals surface area contributed by atoms with Crippen molar-refractivity contribution in [1.29, 1.82) is 0 Å². The van der Waals surface area contributed by atoms with Gasteiger partial charge in [0.15, 0.2) is 6.29 Å². The third kappa shape index (κ3) is 4.07. The van der Waals surface area contributed by atoms with Gasteiger partial charge in [-0.3, -0.25) is 0 Å². The molecule has 74 valence electrons. The largest absolute Gasteiger partial charge is 0.368 e. The highest BCUT2D eigenvalue weighted by Gasteiger charge is 2.17. The van der Waals surface area contributed by atoms with Crippen molar-refractivity contribution >= 4 is 0 Å². The third-order valence-electron chi connectivity index (χ3n) is 2.74. The van der Waals surface area contributed by atoms with Crippen LogP contribution in [0.1, 0.15) is 46.5 Å². The zero-order valence-electron chi connectivity index (χ0n) is 8.45. The topological polar surface area (TPSA) is 40.5 Å². The Morgan fingerprint density at radius 1 is 0.917 bits per heavy atom. The van der Waals surface area contributed by atoms with Crippen LogP contribution in [-0.2, 0) is 0 Å². The Hall–Kier alpha value is -0.0800. The lowest BCUT2D eigenvalue weighted by Crippen LogP contribution is -2.21. The average Bonchev–Trinajstić information content (AvgIpc) is 2.06. The fraction of sp³-hybridized carbons (Fsp3) is 1.00. The van der Waals surface area contributed by atoms with E-state index in [0.29, 0.717) is 5.92 Å². The lowest BCUT2D eigenvalue weighted by Gasteiger charge is -2.21. The van der Waals surface area contributed by atoms with Crippen molar-refractivity contribution in [2.75, 3.05) is 0 Å². The maximum absolute atomic E-state index is 9.01. The molecule has 0 aliphatic rings. The molecule has 0 fully saturated rings. The van der Waals surface area contributed by atoms with Crippen LogP contribution in [0, 0.1) is 11.8 Å². The van der Waals surface area contributed by atoms with E-state index in [-0.39, 0.29) is 5.92 Å². The standard InChI is InChI=1S/C10H22O2/c1-4-8(5-2)7-9(6-3)10(11)12/h8-12H,4-7H2,1-3H3. The van der Waals surface area contributed by atoms with Gasteiger partial charge in [-0.25, -0.2) is 0 Å². The van der Waals surface area contributed by atoms with Gasteiger partial charge >= 0.3 is 0 Å². The quantitative estimate of drug-likeness (QED) is 0.606. The second-order valence-corrected chi connectivity index (χ2v) is 3.50. The highest BCUT2D eigenvalue weighted by Crippen LogP contribution is 2.22. The summed E-state index contributed by atoms with van der Waals surface area (Å²) >= 11 is 0. The van der Waals surface area contributed by atoms with Gasteiger partial charge < -0.3 is 10.2 Å². The molecule has 1 unspecified atom stereocenters. The number of hydrogen-bond acceptors (Lipinski definition) is 2. The van der Waals surface area contributed by atoms with E-state index in [4.69, 9.17) is 10.2 Å². The van der Waals surface area contributed by atoms with Crippen molar-refractivity contribution in [1.82, 2.24) is 0 Å². The summed E-state index contributed by atoms with van der Waals surface area (Å²) in [5, 5.41) is 18.0. The lowest BCUT2D eigenvalue weighted by molar-refractivity contribution is -0.0906. The van der Waals surface area contributed by atoms with Crippen LogP contribution in [-0.4, -0.2) is 16.5 Å². The smallest absolute Gasteiger partial charge is 0.154 e. The SMILES string of the molecule is CCC(CC)CC(CC)C(O)O. The van der Waals surface area contributed by atoms with Gasteiger partial charge in [-0.1, -0.05) is 33.6 Å². The Bertz CT molecular complexity index is 98.0. The molecule has 0 aromatic heterocycles. The fourth-order valence-electron chi connectivity index (χ4n) is 1.55. The second-order valence-electron chi connectivity index (χ2n) is 3.50. The number of rotatable bonds is 6. The van der Waals surface area contributed by atoms with E-state index in [9.17, 15) is 0 Å². The summed E-state index contributed by atoms with van der Waals surface area (Å²) in [5.41, 5.74) is 0. The molecule has 2 N–H and O–H groups in total. The highest BCUT2D eigenvalue weighted by atomic mass is 16.5. The Morgan fingerprint density at radius 3 is 1.67 bits per heavy atom. The molecular weight excluding hydrogens is 152 g/mol. The zero-order valence-corrected chi connectivity index (χ0v) is 8.45. The van der Waals surface area contributed by atoms with Crippen molar-refractivity contribution in [2.45, 2.75) is 52.7 Å². The summed E-state index contributed by atoms with van der Waals surface area (Å²) < 4.78 is 0. The Morgan fingerprint density at radius 2 is 1.42 bits per heavy atom. The van der Waals surface area contributed by atoms with Gasteiger partial charge in [0.2, 0.25) is 0 Å². The average molecular weight is 174 g/mol. The lowest BCUT2D eigenvalue weighted by atomic mass is 9.89. The highest BCUT2D eigenvalue weighted by molar-refractivity contribution is 4.64. The van der Waals surface area contributed by atoms with Gasteiger partial charge in [-0.2, -0.15) is 0 Å². The molecule has 0 aromatic rings. The van der Waals surface area contributed by atoms with Crippen LogP contribution in [0.2, 0.25) is 0 Å². The van der Waals surface area contributed by atoms with Crippen LogP contribution >= 0.6 is 0 Å². The minimum Gasteiger partial charge on any atom is -0.368 e. The maximum Gasteiger partial charge on any atom is 0.154 e. The van der Waals surface area contributed by atoms with Crippen molar-refractivity contribution in [3.05, 3.63) is 0 Å². The molecule has 0 bridgehead atoms. The minimum absolute atomic E-state index is 0.0647. The summed E-state index contributed by atoms with van der Waals surface area (Å²) in [5.74, 6) is 0.714. The predicted molar refractivity (Wildman–Crippen MR) is 50.7 cm³/mol. The molecule has 0 aliphatic heterocycles. The van der Waals surface area contributed by atoms with Crippen LogP contribution in [0.25, 0.3) is 0 Å². The Balaban J connectivity index is 3.82. The monoisotopic (exact) mass is 174 g/mol. The van der Waals surface area contributed by atoms with E-state index >= 15 is 0 Å². The van der Waals surface area contributed by atoms with E-state index in [1.54, 1.807) is 0 Å². The summed E-state index contributed by atoms with van der Waals surface area (Å²) in [4.78, 5) is 0. The van der Waals surface area contributed by atoms with E-state index in [0.717, 1.165) is 25.7 Å². The molecule has 2 heteroatoms. The summed E-state index contributed by atoms with van der Waals surface area (Å²) in [6, 6.07) is 0. The molecule has 1 atom stereocenters. The van der Waals surface area contributed by atoms with Gasteiger partial charge in [0, 0.05) is 5.92 Å². The molecule has 0 heterocycles. The van der Waals surface area contributed by atoms with Gasteiger partial charge in [0.05, 0.1) is 0 Å². The van der Waals surface area contributed by atoms with E-state index < -0.39 is 6.29 Å². The van der Waals surface area contributed by atoms with E-state index in [2.05, 4.69) is 13.8 Å². The molecule has 0 saturated heterocycles. The van der Waals surface area contributed by atoms with Crippen molar-refractivity contribution in [3.63, 3.8) is 0 Å². The summed E-state index contributed by atoms with van der Waals surface area (Å²) in [6.45, 7) is 6.32. The Kier molecular flexibility index (Phi) is 6.39. The molecule has 0 aromatic carbocycles. The van der Waals surface area contributed by atoms with Gasteiger partial charge in [-0.15, -0.1) is 0 Å². The summed E-state index contributed by atoms with van der Waals surface area (Å²) in [7, 11) is 0. The van der Waals surface area contributed by atoms with Gasteiger partial charge in [0.25, 0.3) is 0 Å². The number of hydrogen-bond donors (Lipinski definition) is 2. The van der Waals surface area contributed by atoms with E-state index in [1.165, 1.54) is 0 Å². The molecule has 0 aliphatic carbocycles. The number of aliphatic hydroxyl groups is 2. The second kappa shape index (κ2) is 6.44. The van der Waals surface area contributed by atoms with Crippen LogP contribution in [0.15, 0.2) is 0 Å². The first kappa shape index (κ1) is 11.9. The minimum atomic E-state index is -1.13. The van der Waals surface area contributed by atoms with Crippen LogP contribution in [0.3, 0.4) is 0 Å². The zero-order chi connectivity index (χ0) is 9.56. The first-order valence-electron chi connectivity index (χ1n) is 5.01. The molecule has 0 rings (SSSR count). The molecule has 0 radical (unpaired) electrons. The molecule has 12 heavy (non-hydrogen) atoms. The van der Waals surface area contributed by atoms with E-state index in [1.807, 2.05) is 6.92 Å². The maximum atomic E-state index is 9.01. The molecule has 0 spiro atoms. The normalized spacial score (nSPS) is 14.2. The van der Waals surface area contributed by atoms with Crippen LogP contribution < -0.4 is 0 Å². The van der Waals surface area contributed by atoms with Crippen molar-refractivity contribution in [3.8, 4) is 0 Å². The third-order valence-corrected chi connectivity index (χ3v) is 2.74. The van der Waals surface area contributed by atoms with Crippen LogP contribution in [0.4, 0.5) is 0 Å². The number of aliphatic hydroxyl groups excluding tert-OH is 1. The molecule has 2 nitrogen and oxygen atoms in total. The van der Waals surface area contributed by atoms with Crippen molar-refractivity contribution < 1.29 is 10.2 Å². The van der Waals surface area contributed by atoms with Crippen molar-refractivity contribution in [2.24, 2.45) is 11.8 Å². The Labute approximate surface area is 75.6 Å². The molecule has 0 amide bonds. The van der Waals surface area contributed by atoms with Gasteiger partial charge in [-0.05, 0) is 18.8 Å². The van der Waals surface area contributed by atoms with Crippen LogP contribution in [0.5, 0.6) is 0 Å².